The fourth-order valence-corrected chi connectivity index (χ4v) is 3.33. The van der Waals surface area contributed by atoms with Crippen LogP contribution < -0.4 is 10.6 Å². The summed E-state index contributed by atoms with van der Waals surface area (Å²) in [5, 5.41) is 23.4. The van der Waals surface area contributed by atoms with E-state index < -0.39 is 0 Å². The minimum absolute atomic E-state index is 0.429. The molecular weight excluding hydrogens is 390 g/mol. The summed E-state index contributed by atoms with van der Waals surface area (Å²) in [5.41, 5.74) is 2.11. The molecule has 0 spiro atoms. The predicted molar refractivity (Wildman–Crippen MR) is 120 cm³/mol. The van der Waals surface area contributed by atoms with Crippen molar-refractivity contribution < 1.29 is 0 Å². The third kappa shape index (κ3) is 5.44. The molecule has 9 heteroatoms. The van der Waals surface area contributed by atoms with Crippen molar-refractivity contribution in [1.29, 1.82) is 0 Å². The van der Waals surface area contributed by atoms with Crippen molar-refractivity contribution in [1.82, 2.24) is 40.0 Å². The molecule has 0 saturated heterocycles. The second-order valence-corrected chi connectivity index (χ2v) is 7.09. The lowest BCUT2D eigenvalue weighted by molar-refractivity contribution is 0.631. The number of nitrogens with one attached hydrogen (secondary N) is 2. The van der Waals surface area contributed by atoms with Gasteiger partial charge in [0.15, 0.2) is 17.4 Å². The number of nitrogens with zero attached hydrogens (tertiary/aromatic N) is 7. The van der Waals surface area contributed by atoms with Gasteiger partial charge in [0, 0.05) is 32.3 Å². The maximum absolute atomic E-state index is 4.74. The van der Waals surface area contributed by atoms with Crippen LogP contribution in [0.1, 0.15) is 24.1 Å². The molecular formula is C22H27N9. The van der Waals surface area contributed by atoms with Gasteiger partial charge in [-0.25, -0.2) is 4.99 Å². The van der Waals surface area contributed by atoms with Crippen LogP contribution >= 0.6 is 0 Å². The Kier molecular flexibility index (Phi) is 6.84. The predicted octanol–water partition coefficient (Wildman–Crippen LogP) is 1.86. The molecule has 0 unspecified atom stereocenters. The lowest BCUT2D eigenvalue weighted by Crippen LogP contribution is -2.40. The minimum Gasteiger partial charge on any atom is -0.356 e. The molecule has 4 aromatic rings. The molecule has 160 valence electrons. The third-order valence-corrected chi connectivity index (χ3v) is 4.97. The molecule has 0 aliphatic carbocycles. The number of aromatic nitrogens is 6. The molecule has 3 heterocycles. The van der Waals surface area contributed by atoms with Crippen LogP contribution in [0.2, 0.25) is 0 Å². The number of pyridine rings is 1. The van der Waals surface area contributed by atoms with E-state index in [2.05, 4.69) is 66.8 Å². The Morgan fingerprint density at radius 2 is 1.77 bits per heavy atom. The normalized spacial score (nSPS) is 11.7. The number of benzene rings is 1. The average molecular weight is 418 g/mol. The van der Waals surface area contributed by atoms with Gasteiger partial charge in [-0.2, -0.15) is 0 Å². The summed E-state index contributed by atoms with van der Waals surface area (Å²) in [4.78, 5) is 4.74. The molecule has 0 fully saturated rings. The van der Waals surface area contributed by atoms with Gasteiger partial charge in [-0.1, -0.05) is 43.3 Å². The quantitative estimate of drug-likeness (QED) is 0.319. The molecule has 2 N–H and O–H groups in total. The summed E-state index contributed by atoms with van der Waals surface area (Å²) >= 11 is 0. The number of guanidine groups is 1. The van der Waals surface area contributed by atoms with Crippen molar-refractivity contribution >= 4 is 11.6 Å². The van der Waals surface area contributed by atoms with Crippen LogP contribution in [0.4, 0.5) is 0 Å². The third-order valence-electron chi connectivity index (χ3n) is 4.97. The van der Waals surface area contributed by atoms with Crippen molar-refractivity contribution in [2.75, 3.05) is 13.1 Å². The smallest absolute Gasteiger partial charge is 0.191 e. The summed E-state index contributed by atoms with van der Waals surface area (Å²) < 4.78 is 4.01. The Labute approximate surface area is 181 Å². The fourth-order valence-electron chi connectivity index (χ4n) is 3.33. The number of rotatable bonds is 9. The fraction of sp³-hybridized carbons (Fsp3) is 0.318. The molecule has 0 radical (unpaired) electrons. The monoisotopic (exact) mass is 417 g/mol. The molecule has 0 atom stereocenters. The number of aryl methyl sites for hydroxylation is 1. The van der Waals surface area contributed by atoms with Crippen LogP contribution in [0.5, 0.6) is 0 Å². The van der Waals surface area contributed by atoms with Gasteiger partial charge >= 0.3 is 0 Å². The highest BCUT2D eigenvalue weighted by atomic mass is 15.3. The highest BCUT2D eigenvalue weighted by Crippen LogP contribution is 2.04. The zero-order valence-electron chi connectivity index (χ0n) is 17.6. The molecule has 31 heavy (non-hydrogen) atoms. The molecule has 0 bridgehead atoms. The van der Waals surface area contributed by atoms with Crippen molar-refractivity contribution in [3.05, 3.63) is 78.3 Å². The SMILES string of the molecule is CCc1nncn1CCNC(=NCc1nnc2ccccn12)NCCc1ccccc1. The molecule has 9 nitrogen and oxygen atoms in total. The van der Waals surface area contributed by atoms with E-state index in [1.54, 1.807) is 6.33 Å². The molecule has 4 rings (SSSR count). The summed E-state index contributed by atoms with van der Waals surface area (Å²) in [5.74, 6) is 2.52. The summed E-state index contributed by atoms with van der Waals surface area (Å²) in [7, 11) is 0. The highest BCUT2D eigenvalue weighted by molar-refractivity contribution is 5.79. The Morgan fingerprint density at radius 3 is 2.65 bits per heavy atom. The molecule has 1 aromatic carbocycles. The van der Waals surface area contributed by atoms with Gasteiger partial charge in [0.25, 0.3) is 0 Å². The first kappa shape index (κ1) is 20.5. The van der Waals surface area contributed by atoms with Crippen LogP contribution in [-0.2, 0) is 25.9 Å². The first-order chi connectivity index (χ1) is 15.3. The lowest BCUT2D eigenvalue weighted by Gasteiger charge is -2.13. The molecule has 0 aliphatic heterocycles. The minimum atomic E-state index is 0.429. The molecule has 3 aromatic heterocycles. The first-order valence-electron chi connectivity index (χ1n) is 10.5. The van der Waals surface area contributed by atoms with Crippen molar-refractivity contribution in [2.45, 2.75) is 32.9 Å². The topological polar surface area (TPSA) is 97.3 Å². The zero-order chi connectivity index (χ0) is 21.3. The van der Waals surface area contributed by atoms with Crippen LogP contribution in [0.3, 0.4) is 0 Å². The van der Waals surface area contributed by atoms with Gasteiger partial charge < -0.3 is 15.2 Å². The van der Waals surface area contributed by atoms with E-state index in [0.717, 1.165) is 49.2 Å². The van der Waals surface area contributed by atoms with Gasteiger partial charge in [0.05, 0.1) is 0 Å². The summed E-state index contributed by atoms with van der Waals surface area (Å²) in [6.07, 6.45) is 5.49. The van der Waals surface area contributed by atoms with Crippen LogP contribution in [0.15, 0.2) is 66.0 Å². The van der Waals surface area contributed by atoms with E-state index in [9.17, 15) is 0 Å². The Balaban J connectivity index is 1.40. The summed E-state index contributed by atoms with van der Waals surface area (Å²) in [6, 6.07) is 16.3. The van der Waals surface area contributed by atoms with Gasteiger partial charge in [-0.05, 0) is 24.1 Å². The van der Waals surface area contributed by atoms with Crippen molar-refractivity contribution in [3.63, 3.8) is 0 Å². The number of hydrogen-bond donors (Lipinski definition) is 2. The van der Waals surface area contributed by atoms with E-state index >= 15 is 0 Å². The van der Waals surface area contributed by atoms with Crippen LogP contribution in [0.25, 0.3) is 5.65 Å². The van der Waals surface area contributed by atoms with Gasteiger partial charge in [0.2, 0.25) is 0 Å². The summed E-state index contributed by atoms with van der Waals surface area (Å²) in [6.45, 7) is 4.77. The van der Waals surface area contributed by atoms with Crippen molar-refractivity contribution in [2.24, 2.45) is 4.99 Å². The number of hydrogen-bond acceptors (Lipinski definition) is 5. The van der Waals surface area contributed by atoms with Gasteiger partial charge in [-0.3, -0.25) is 4.40 Å². The Bertz CT molecular complexity index is 1110. The molecule has 0 saturated carbocycles. The Morgan fingerprint density at radius 1 is 0.935 bits per heavy atom. The zero-order valence-corrected chi connectivity index (χ0v) is 17.6. The Hall–Kier alpha value is -3.75. The van der Waals surface area contributed by atoms with E-state index in [4.69, 9.17) is 4.99 Å². The number of aliphatic imine (C=N–C) groups is 1. The molecule has 0 amide bonds. The average Bonchev–Trinajstić information content (AvgIpc) is 3.44. The maximum Gasteiger partial charge on any atom is 0.191 e. The van der Waals surface area contributed by atoms with Gasteiger partial charge in [0.1, 0.15) is 18.7 Å². The molecule has 0 aliphatic rings. The van der Waals surface area contributed by atoms with Crippen molar-refractivity contribution in [3.8, 4) is 0 Å². The van der Waals surface area contributed by atoms with E-state index in [1.165, 1.54) is 5.56 Å². The van der Waals surface area contributed by atoms with E-state index in [0.29, 0.717) is 13.1 Å². The maximum atomic E-state index is 4.74. The van der Waals surface area contributed by atoms with E-state index in [1.807, 2.05) is 34.9 Å². The van der Waals surface area contributed by atoms with E-state index in [-0.39, 0.29) is 0 Å². The lowest BCUT2D eigenvalue weighted by atomic mass is 10.1. The largest absolute Gasteiger partial charge is 0.356 e. The van der Waals surface area contributed by atoms with Gasteiger partial charge in [-0.15, -0.1) is 20.4 Å². The van der Waals surface area contributed by atoms with Crippen LogP contribution in [0, 0.1) is 0 Å². The number of fused-ring (bicyclic) bond motifs is 1. The standard InChI is InChI=1S/C22H27N9/c1-2-19-27-26-17-30(19)15-13-24-22(23-12-11-18-8-4-3-5-9-18)25-16-21-29-28-20-10-6-7-14-31(20)21/h3-10,14,17H,2,11-13,15-16H2,1H3,(H2,23,24,25). The second kappa shape index (κ2) is 10.3. The van der Waals surface area contributed by atoms with Crippen LogP contribution in [-0.4, -0.2) is 48.4 Å². The highest BCUT2D eigenvalue weighted by Gasteiger charge is 2.06. The second-order valence-electron chi connectivity index (χ2n) is 7.09. The first-order valence-corrected chi connectivity index (χ1v) is 10.5.